The van der Waals surface area contributed by atoms with Gasteiger partial charge in [0, 0.05) is 31.5 Å². The summed E-state index contributed by atoms with van der Waals surface area (Å²) in [6.07, 6.45) is 1.33. The quantitative estimate of drug-likeness (QED) is 0.416. The lowest BCUT2D eigenvalue weighted by atomic mass is 10.1. The third kappa shape index (κ3) is 4.82. The molecule has 0 bridgehead atoms. The molecule has 0 saturated carbocycles. The maximum absolute atomic E-state index is 13.9. The lowest BCUT2D eigenvalue weighted by Crippen LogP contribution is -2.41. The van der Waals surface area contributed by atoms with Gasteiger partial charge in [-0.2, -0.15) is 4.31 Å². The molecular formula is C25H34N2O6S. The number of carbonyl (C=O) groups is 2. The molecule has 186 valence electrons. The number of hydrogen-bond donors (Lipinski definition) is 0. The molecule has 0 N–H and O–H groups in total. The van der Waals surface area contributed by atoms with Crippen molar-refractivity contribution in [1.29, 1.82) is 0 Å². The van der Waals surface area contributed by atoms with Crippen molar-refractivity contribution in [2.75, 3.05) is 26.8 Å². The Hall–Kier alpha value is -2.49. The zero-order valence-electron chi connectivity index (χ0n) is 21.0. The van der Waals surface area contributed by atoms with Gasteiger partial charge in [-0.1, -0.05) is 17.7 Å². The molecule has 0 amide bonds. The van der Waals surface area contributed by atoms with E-state index >= 15 is 0 Å². The molecule has 1 aromatic heterocycles. The van der Waals surface area contributed by atoms with Crippen LogP contribution >= 0.6 is 0 Å². The van der Waals surface area contributed by atoms with Gasteiger partial charge < -0.3 is 14.0 Å². The summed E-state index contributed by atoms with van der Waals surface area (Å²) in [4.78, 5) is 26.0. The van der Waals surface area contributed by atoms with Crippen molar-refractivity contribution in [2.45, 2.75) is 58.5 Å². The Balaban J connectivity index is 2.05. The number of sulfonamides is 1. The molecule has 8 nitrogen and oxygen atoms in total. The van der Waals surface area contributed by atoms with E-state index in [-0.39, 0.29) is 35.6 Å². The predicted octanol–water partition coefficient (Wildman–Crippen LogP) is 3.41. The van der Waals surface area contributed by atoms with E-state index in [9.17, 15) is 18.0 Å². The molecule has 0 spiro atoms. The first-order valence-corrected chi connectivity index (χ1v) is 12.8. The molecule has 1 aromatic carbocycles. The fourth-order valence-electron chi connectivity index (χ4n) is 4.98. The summed E-state index contributed by atoms with van der Waals surface area (Å²) in [6.45, 7) is 9.20. The van der Waals surface area contributed by atoms with E-state index in [4.69, 9.17) is 9.47 Å². The van der Waals surface area contributed by atoms with Gasteiger partial charge in [-0.15, -0.1) is 0 Å². The Morgan fingerprint density at radius 2 is 1.76 bits per heavy atom. The number of esters is 1. The molecule has 1 fully saturated rings. The van der Waals surface area contributed by atoms with E-state index in [0.29, 0.717) is 34.6 Å². The summed E-state index contributed by atoms with van der Waals surface area (Å²) in [5.74, 6) is -0.915. The van der Waals surface area contributed by atoms with Gasteiger partial charge in [0.05, 0.1) is 24.7 Å². The average molecular weight is 491 g/mol. The molecule has 1 aliphatic rings. The summed E-state index contributed by atoms with van der Waals surface area (Å²) < 4.78 is 41.2. The highest BCUT2D eigenvalue weighted by Gasteiger charge is 2.35. The van der Waals surface area contributed by atoms with E-state index in [1.54, 1.807) is 39.3 Å². The zero-order chi connectivity index (χ0) is 25.4. The minimum Gasteiger partial charge on any atom is -0.464 e. The fraction of sp³-hybridized carbons (Fsp3) is 0.520. The van der Waals surface area contributed by atoms with Crippen molar-refractivity contribution in [2.24, 2.45) is 7.05 Å². The third-order valence-corrected chi connectivity index (χ3v) is 8.66. The number of methoxy groups -OCH3 is 1. The maximum Gasteiger partial charge on any atom is 0.354 e. The number of aromatic nitrogens is 1. The molecule has 1 atom stereocenters. The van der Waals surface area contributed by atoms with Crippen molar-refractivity contribution in [3.05, 3.63) is 51.3 Å². The summed E-state index contributed by atoms with van der Waals surface area (Å²) in [6, 6.07) is 3.67. The first-order valence-electron chi connectivity index (χ1n) is 11.4. The fourth-order valence-corrected chi connectivity index (χ4v) is 6.82. The molecule has 34 heavy (non-hydrogen) atoms. The number of carbonyl (C=O) groups excluding carboxylic acids is 2. The SMILES string of the molecule is COC(=O)c1c(C)c(C(=O)CN(CC2CCCO2)S(=O)(=O)c2c(C)cc(C)cc2C)c(C)n1C. The minimum atomic E-state index is -3.99. The van der Waals surface area contributed by atoms with Crippen molar-refractivity contribution in [3.63, 3.8) is 0 Å². The zero-order valence-corrected chi connectivity index (χ0v) is 21.8. The highest BCUT2D eigenvalue weighted by molar-refractivity contribution is 7.89. The van der Waals surface area contributed by atoms with Crippen molar-refractivity contribution < 1.29 is 27.5 Å². The van der Waals surface area contributed by atoms with Gasteiger partial charge in [0.1, 0.15) is 5.69 Å². The lowest BCUT2D eigenvalue weighted by molar-refractivity contribution is 0.0588. The second kappa shape index (κ2) is 10.0. The van der Waals surface area contributed by atoms with Crippen molar-refractivity contribution in [3.8, 4) is 0 Å². The predicted molar refractivity (Wildman–Crippen MR) is 129 cm³/mol. The van der Waals surface area contributed by atoms with Crippen LogP contribution in [0.1, 0.15) is 61.6 Å². The van der Waals surface area contributed by atoms with Crippen LogP contribution in [-0.4, -0.2) is 62.0 Å². The molecular weight excluding hydrogens is 456 g/mol. The molecule has 0 radical (unpaired) electrons. The molecule has 1 unspecified atom stereocenters. The van der Waals surface area contributed by atoms with Crippen LogP contribution in [-0.2, 0) is 26.5 Å². The molecule has 1 saturated heterocycles. The van der Waals surface area contributed by atoms with Gasteiger partial charge in [0.15, 0.2) is 5.78 Å². The third-order valence-electron chi connectivity index (χ3n) is 6.54. The molecule has 2 aromatic rings. The van der Waals surface area contributed by atoms with Gasteiger partial charge in [-0.3, -0.25) is 4.79 Å². The first kappa shape index (κ1) is 26.1. The van der Waals surface area contributed by atoms with E-state index in [1.807, 2.05) is 19.1 Å². The average Bonchev–Trinajstić information content (AvgIpc) is 3.32. The Bertz CT molecular complexity index is 1200. The van der Waals surface area contributed by atoms with Crippen molar-refractivity contribution >= 4 is 21.8 Å². The monoisotopic (exact) mass is 490 g/mol. The minimum absolute atomic E-state index is 0.0929. The second-order valence-corrected chi connectivity index (χ2v) is 10.9. The van der Waals surface area contributed by atoms with E-state index in [1.165, 1.54) is 11.4 Å². The van der Waals surface area contributed by atoms with Gasteiger partial charge in [-0.25, -0.2) is 13.2 Å². The lowest BCUT2D eigenvalue weighted by Gasteiger charge is -2.26. The Labute approximate surface area is 201 Å². The van der Waals surface area contributed by atoms with Crippen LogP contribution in [0.15, 0.2) is 17.0 Å². The highest BCUT2D eigenvalue weighted by Crippen LogP contribution is 2.28. The van der Waals surface area contributed by atoms with Gasteiger partial charge >= 0.3 is 5.97 Å². The van der Waals surface area contributed by atoms with Crippen LogP contribution in [0.4, 0.5) is 0 Å². The molecule has 9 heteroatoms. The number of rotatable bonds is 8. The number of Topliss-reactive ketones (excluding diaryl/α,β-unsaturated/α-hetero) is 1. The first-order chi connectivity index (χ1) is 15.9. The normalized spacial score (nSPS) is 16.3. The summed E-state index contributed by atoms with van der Waals surface area (Å²) in [5.41, 5.74) is 3.94. The molecule has 3 rings (SSSR count). The summed E-state index contributed by atoms with van der Waals surface area (Å²) in [7, 11) is -1.01. The summed E-state index contributed by atoms with van der Waals surface area (Å²) in [5, 5.41) is 0. The van der Waals surface area contributed by atoms with E-state index < -0.39 is 16.0 Å². The van der Waals surface area contributed by atoms with Crippen LogP contribution in [0.3, 0.4) is 0 Å². The van der Waals surface area contributed by atoms with Crippen LogP contribution in [0.5, 0.6) is 0 Å². The number of ether oxygens (including phenoxy) is 2. The van der Waals surface area contributed by atoms with Crippen LogP contribution < -0.4 is 0 Å². The number of hydrogen-bond acceptors (Lipinski definition) is 6. The van der Waals surface area contributed by atoms with Gasteiger partial charge in [0.2, 0.25) is 10.0 Å². The number of ketones is 1. The Morgan fingerprint density at radius 1 is 1.15 bits per heavy atom. The molecule has 0 aliphatic carbocycles. The van der Waals surface area contributed by atoms with E-state index in [0.717, 1.165) is 18.4 Å². The van der Waals surface area contributed by atoms with Crippen LogP contribution in [0.25, 0.3) is 0 Å². The van der Waals surface area contributed by atoms with Crippen molar-refractivity contribution in [1.82, 2.24) is 8.87 Å². The number of nitrogens with zero attached hydrogens (tertiary/aromatic N) is 2. The standard InChI is InChI=1S/C25H34N2O6S/c1-15-11-16(2)24(17(3)12-15)34(30,31)27(13-20-9-8-10-33-20)14-21(28)22-18(4)23(25(29)32-7)26(6)19(22)5/h11-12,20H,8-10,13-14H2,1-7H3. The Morgan fingerprint density at radius 3 is 2.29 bits per heavy atom. The highest BCUT2D eigenvalue weighted by atomic mass is 32.2. The smallest absolute Gasteiger partial charge is 0.354 e. The van der Waals surface area contributed by atoms with E-state index in [2.05, 4.69) is 0 Å². The van der Waals surface area contributed by atoms with Crippen LogP contribution in [0.2, 0.25) is 0 Å². The largest absolute Gasteiger partial charge is 0.464 e. The van der Waals surface area contributed by atoms with Gasteiger partial charge in [-0.05, 0) is 64.2 Å². The summed E-state index contributed by atoms with van der Waals surface area (Å²) >= 11 is 0. The maximum atomic E-state index is 13.9. The number of benzene rings is 1. The Kier molecular flexibility index (Phi) is 7.69. The second-order valence-electron chi connectivity index (χ2n) is 9.07. The topological polar surface area (TPSA) is 94.9 Å². The number of aryl methyl sites for hydroxylation is 3. The van der Waals surface area contributed by atoms with Crippen LogP contribution in [0, 0.1) is 34.6 Å². The van der Waals surface area contributed by atoms with Gasteiger partial charge in [0.25, 0.3) is 0 Å². The molecule has 1 aliphatic heterocycles. The molecule has 2 heterocycles.